The van der Waals surface area contributed by atoms with E-state index < -0.39 is 248 Å². The molecule has 35 nitrogen and oxygen atoms in total. The molecule has 0 radical (unpaired) electrons. The number of aliphatic hydroxyl groups is 17. The van der Waals surface area contributed by atoms with Crippen LogP contribution in [0.2, 0.25) is 0 Å². The Kier molecular flexibility index (Phi) is 47.8. The van der Waals surface area contributed by atoms with Crippen molar-refractivity contribution in [3.63, 3.8) is 0 Å². The SMILES string of the molecule is CCCCCCCCCCCCC/C=C/[C@@H](O)[C@H](CO[C@@H]1OC(CO)[C@@H](O[C@@H]2OC(CO)[C@H](O)[C@H](O[C@@H]3OC(CO)[C@@H](O[C@@H]4OC(CO)[C@H](O)[C@H](O[C@H]5OC(CO)[C@H](O)[C@H](O)C5NC(C)=O)C4O[C@H]4OC(C)[C@@H](O)C(O)[C@@H]4O)[C@H](O)C3NC(C)=O)C2O)[C@H](O)C1O)NC(=O)CCCCCCCCCCCCCCCCCCCCC. The summed E-state index contributed by atoms with van der Waals surface area (Å²) >= 11 is 0. The van der Waals surface area contributed by atoms with Crippen LogP contribution in [0.5, 0.6) is 0 Å². The molecule has 35 heteroatoms. The quantitative estimate of drug-likeness (QED) is 0.0285. The number of hydrogen-bond acceptors (Lipinski definition) is 32. The maximum Gasteiger partial charge on any atom is 0.220 e. The van der Waals surface area contributed by atoms with Gasteiger partial charge in [-0.05, 0) is 26.2 Å². The highest BCUT2D eigenvalue weighted by molar-refractivity contribution is 5.76. The lowest BCUT2D eigenvalue weighted by molar-refractivity contribution is -0.402. The van der Waals surface area contributed by atoms with E-state index in [2.05, 4.69) is 29.8 Å². The Morgan fingerprint density at radius 1 is 0.357 bits per heavy atom. The zero-order valence-corrected chi connectivity index (χ0v) is 68.2. The van der Waals surface area contributed by atoms with E-state index in [9.17, 15) is 101 Å². The third kappa shape index (κ3) is 31.7. The zero-order chi connectivity index (χ0) is 84.1. The lowest BCUT2D eigenvalue weighted by Gasteiger charge is -2.51. The Labute approximate surface area is 677 Å². The zero-order valence-electron chi connectivity index (χ0n) is 68.2. The van der Waals surface area contributed by atoms with Gasteiger partial charge in [-0.1, -0.05) is 206 Å². The van der Waals surface area contributed by atoms with Gasteiger partial charge in [0.2, 0.25) is 17.7 Å². The maximum absolute atomic E-state index is 13.6. The highest BCUT2D eigenvalue weighted by atomic mass is 16.8. The largest absolute Gasteiger partial charge is 0.394 e. The number of carbonyl (C=O) groups is 3. The fraction of sp³-hybridized carbons (Fsp3) is 0.938. The van der Waals surface area contributed by atoms with E-state index in [4.69, 9.17) is 56.8 Å². The van der Waals surface area contributed by atoms with E-state index >= 15 is 0 Å². The molecule has 6 saturated heterocycles. The summed E-state index contributed by atoms with van der Waals surface area (Å²) in [5.74, 6) is -2.01. The third-order valence-corrected chi connectivity index (χ3v) is 22.7. The topological polar surface area (TPSA) is 542 Å². The van der Waals surface area contributed by atoms with Crippen molar-refractivity contribution in [3.05, 3.63) is 12.2 Å². The molecule has 6 fully saturated rings. The molecule has 12 unspecified atom stereocenters. The minimum atomic E-state index is -2.22. The van der Waals surface area contributed by atoms with Crippen molar-refractivity contribution in [1.29, 1.82) is 0 Å². The molecule has 0 spiro atoms. The average Bonchev–Trinajstić information content (AvgIpc) is 0.762. The molecule has 6 heterocycles. The molecule has 0 aromatic heterocycles. The number of amides is 3. The summed E-state index contributed by atoms with van der Waals surface area (Å²) in [5.41, 5.74) is 0. The van der Waals surface area contributed by atoms with Gasteiger partial charge in [-0.25, -0.2) is 0 Å². The van der Waals surface area contributed by atoms with Crippen LogP contribution in [0, 0.1) is 0 Å². The summed E-state index contributed by atoms with van der Waals surface area (Å²) in [5, 5.41) is 199. The first-order chi connectivity index (χ1) is 55.3. The summed E-state index contributed by atoms with van der Waals surface area (Å²) in [7, 11) is 0. The van der Waals surface area contributed by atoms with Gasteiger partial charge in [0.15, 0.2) is 37.7 Å². The number of nitrogens with one attached hydrogen (secondary N) is 3. The molecule has 6 aliphatic heterocycles. The molecule has 0 aromatic carbocycles. The molecule has 6 aliphatic rings. The lowest BCUT2D eigenvalue weighted by Crippen LogP contribution is -2.71. The Morgan fingerprint density at radius 2 is 0.722 bits per heavy atom. The van der Waals surface area contributed by atoms with Crippen LogP contribution in [-0.2, 0) is 71.2 Å². The van der Waals surface area contributed by atoms with Gasteiger partial charge in [0.1, 0.15) is 140 Å². The fourth-order valence-corrected chi connectivity index (χ4v) is 15.7. The predicted molar refractivity (Wildman–Crippen MR) is 411 cm³/mol. The van der Waals surface area contributed by atoms with Gasteiger partial charge in [0, 0.05) is 20.3 Å². The third-order valence-electron chi connectivity index (χ3n) is 22.7. The molecule has 0 aromatic rings. The normalized spacial score (nSPS) is 36.5. The van der Waals surface area contributed by atoms with Crippen LogP contribution in [0.3, 0.4) is 0 Å². The molecule has 0 aliphatic carbocycles. The van der Waals surface area contributed by atoms with Crippen molar-refractivity contribution in [2.24, 2.45) is 0 Å². The summed E-state index contributed by atoms with van der Waals surface area (Å²) in [6.07, 6.45) is -14.9. The number of aliphatic hydroxyl groups excluding tert-OH is 17. The second-order valence-electron chi connectivity index (χ2n) is 32.1. The summed E-state index contributed by atoms with van der Waals surface area (Å²) < 4.78 is 72.4. The molecule has 6 rings (SSSR count). The van der Waals surface area contributed by atoms with Gasteiger partial charge in [-0.3, -0.25) is 14.4 Å². The molecule has 0 bridgehead atoms. The van der Waals surface area contributed by atoms with Crippen molar-refractivity contribution in [2.45, 2.75) is 436 Å². The van der Waals surface area contributed by atoms with Crippen LogP contribution in [0.15, 0.2) is 12.2 Å². The second kappa shape index (κ2) is 54.5. The van der Waals surface area contributed by atoms with Crippen LogP contribution in [0.4, 0.5) is 0 Å². The number of ether oxygens (including phenoxy) is 12. The van der Waals surface area contributed by atoms with Crippen molar-refractivity contribution in [1.82, 2.24) is 16.0 Å². The number of allylic oxidation sites excluding steroid dienone is 1. The van der Waals surface area contributed by atoms with Crippen molar-refractivity contribution >= 4 is 17.7 Å². The summed E-state index contributed by atoms with van der Waals surface area (Å²) in [6.45, 7) is 2.30. The number of rotatable bonds is 55. The van der Waals surface area contributed by atoms with E-state index in [0.717, 1.165) is 65.2 Å². The Hall–Kier alpha value is -3.01. The van der Waals surface area contributed by atoms with Crippen LogP contribution in [-0.4, -0.2) is 340 Å². The molecular weight excluding hydrogens is 1510 g/mol. The van der Waals surface area contributed by atoms with Crippen LogP contribution >= 0.6 is 0 Å². The standard InChI is InChI=1S/C80H145N3O32/c1-6-8-10-12-14-16-18-20-21-22-23-24-25-27-29-31-33-35-37-39-56(92)83-49(50(91)38-36-34-32-30-28-26-19-17-15-13-11-9-7-2)45-104-77-68(102)66(100)71(55(44-88)110-77)111-79-69(103)72(61(95)52(41-85)107-79)113-76-58(82-48(5)90)64(98)70(54(43-87)109-76)112-80-74(115-78-67(101)65(99)59(93)46(3)105-78)73(62(96)53(42-86)108-80)114-75-57(81-47(4)89)63(97)60(94)51(40-84)106-75/h36,38,46,49-55,57-80,84-88,91,93-103H,6-35,37,39-45H2,1-5H3,(H,81,89)(H,82,90)(H,83,92)/b38-36+/t46?,49-,50+,51?,52?,53?,54?,55?,57?,58?,59+,60-,61-,62-,63+,64+,65?,66+,67-,68?,69?,70+,71+,72-,73-,74?,75+,76-,77+,78+,79-,80-/m0/s1. The number of hydrogen-bond donors (Lipinski definition) is 20. The molecule has 3 amide bonds. The summed E-state index contributed by atoms with van der Waals surface area (Å²) in [6, 6.07) is -4.63. The van der Waals surface area contributed by atoms with Gasteiger partial charge < -0.3 is 160 Å². The molecule has 32 atom stereocenters. The number of carbonyl (C=O) groups excluding carboxylic acids is 3. The van der Waals surface area contributed by atoms with Gasteiger partial charge in [-0.2, -0.15) is 0 Å². The Bertz CT molecular complexity index is 2650. The van der Waals surface area contributed by atoms with E-state index in [1.165, 1.54) is 142 Å². The average molecular weight is 1660 g/mol. The Balaban J connectivity index is 1.11. The second-order valence-corrected chi connectivity index (χ2v) is 32.1. The smallest absolute Gasteiger partial charge is 0.220 e. The van der Waals surface area contributed by atoms with E-state index in [-0.39, 0.29) is 12.3 Å². The van der Waals surface area contributed by atoms with Crippen LogP contribution in [0.1, 0.15) is 240 Å². The van der Waals surface area contributed by atoms with Gasteiger partial charge in [0.25, 0.3) is 0 Å². The first kappa shape index (κ1) is 101. The van der Waals surface area contributed by atoms with Crippen molar-refractivity contribution in [3.8, 4) is 0 Å². The van der Waals surface area contributed by atoms with Gasteiger partial charge in [0.05, 0.1) is 57.9 Å². The molecule has 20 N–H and O–H groups in total. The van der Waals surface area contributed by atoms with Crippen LogP contribution < -0.4 is 16.0 Å². The van der Waals surface area contributed by atoms with Gasteiger partial charge in [-0.15, -0.1) is 0 Å². The first-order valence-corrected chi connectivity index (χ1v) is 42.8. The van der Waals surface area contributed by atoms with E-state index in [0.29, 0.717) is 12.8 Å². The minimum absolute atomic E-state index is 0.174. The summed E-state index contributed by atoms with van der Waals surface area (Å²) in [4.78, 5) is 39.2. The molecule has 0 saturated carbocycles. The number of unbranched alkanes of at least 4 members (excludes halogenated alkanes) is 29. The monoisotopic (exact) mass is 1660 g/mol. The Morgan fingerprint density at radius 3 is 1.21 bits per heavy atom. The molecule has 115 heavy (non-hydrogen) atoms. The minimum Gasteiger partial charge on any atom is -0.394 e. The van der Waals surface area contributed by atoms with E-state index in [1.807, 2.05) is 6.08 Å². The molecule has 672 valence electrons. The molecular formula is C80H145N3O32. The van der Waals surface area contributed by atoms with Crippen molar-refractivity contribution in [2.75, 3.05) is 39.6 Å². The first-order valence-electron chi connectivity index (χ1n) is 42.8. The maximum atomic E-state index is 13.6. The van der Waals surface area contributed by atoms with Crippen LogP contribution in [0.25, 0.3) is 0 Å². The highest BCUT2D eigenvalue weighted by Crippen LogP contribution is 2.39. The fourth-order valence-electron chi connectivity index (χ4n) is 15.7. The van der Waals surface area contributed by atoms with E-state index in [1.54, 1.807) is 6.08 Å². The highest BCUT2D eigenvalue weighted by Gasteiger charge is 2.59. The predicted octanol–water partition coefficient (Wildman–Crippen LogP) is 0.164. The lowest BCUT2D eigenvalue weighted by atomic mass is 9.93. The van der Waals surface area contributed by atoms with Gasteiger partial charge >= 0.3 is 0 Å². The van der Waals surface area contributed by atoms with Crippen molar-refractivity contribution < 1.29 is 158 Å².